The highest BCUT2D eigenvalue weighted by Crippen LogP contribution is 2.18. The Labute approximate surface area is 122 Å². The van der Waals surface area contributed by atoms with Gasteiger partial charge < -0.3 is 45.6 Å². The third kappa shape index (κ3) is 7.79. The number of aldehydes is 1. The molecule has 4 unspecified atom stereocenters. The summed E-state index contributed by atoms with van der Waals surface area (Å²) in [6.07, 6.45) is -6.25. The monoisotopic (exact) mass is 314 g/mol. The van der Waals surface area contributed by atoms with E-state index < -0.39 is 36.4 Å². The molecule has 0 amide bonds. The number of carbonyl (C=O) groups is 1. The van der Waals surface area contributed by atoms with Crippen LogP contribution in [0.1, 0.15) is 13.3 Å². The van der Waals surface area contributed by atoms with E-state index in [0.29, 0.717) is 6.42 Å². The van der Waals surface area contributed by atoms with Crippen molar-refractivity contribution in [2.24, 2.45) is 5.41 Å². The van der Waals surface area contributed by atoms with Gasteiger partial charge in [-0.05, 0) is 6.42 Å². The molecule has 0 aromatic rings. The lowest BCUT2D eigenvalue weighted by Crippen LogP contribution is -2.46. The van der Waals surface area contributed by atoms with Gasteiger partial charge in [0.1, 0.15) is 24.4 Å². The van der Waals surface area contributed by atoms with Crippen molar-refractivity contribution in [3.05, 3.63) is 0 Å². The molecular weight excluding hydrogens is 288 g/mol. The summed E-state index contributed by atoms with van der Waals surface area (Å²) in [5.74, 6) is 0. The number of hydrogen-bond acceptors (Lipinski definition) is 9. The van der Waals surface area contributed by atoms with E-state index in [2.05, 4.69) is 0 Å². The third-order valence-corrected chi connectivity index (χ3v) is 3.18. The Morgan fingerprint density at radius 3 is 1.52 bits per heavy atom. The van der Waals surface area contributed by atoms with Crippen LogP contribution in [0.2, 0.25) is 0 Å². The lowest BCUT2D eigenvalue weighted by atomic mass is 9.88. The lowest BCUT2D eigenvalue weighted by Gasteiger charge is -2.24. The van der Waals surface area contributed by atoms with Gasteiger partial charge in [0.2, 0.25) is 0 Å². The van der Waals surface area contributed by atoms with Crippen LogP contribution in [-0.4, -0.2) is 98.0 Å². The molecule has 0 fully saturated rings. The van der Waals surface area contributed by atoms with Gasteiger partial charge >= 0.3 is 0 Å². The molecule has 128 valence electrons. The number of aliphatic hydroxyl groups is 8. The van der Waals surface area contributed by atoms with E-state index in [1.54, 1.807) is 0 Å². The summed E-state index contributed by atoms with van der Waals surface area (Å²) in [7, 11) is 0. The first-order valence-corrected chi connectivity index (χ1v) is 6.40. The van der Waals surface area contributed by atoms with Gasteiger partial charge in [0.25, 0.3) is 0 Å². The summed E-state index contributed by atoms with van der Waals surface area (Å²) in [5, 5.41) is 69.5. The maximum absolute atomic E-state index is 9.90. The SMILES string of the molecule is CCC(CO)(CO)CO.O=CC(O)C(O)C(O)C(O)CO. The molecule has 21 heavy (non-hydrogen) atoms. The molecule has 0 saturated heterocycles. The van der Waals surface area contributed by atoms with Gasteiger partial charge in [0.15, 0.2) is 6.29 Å². The lowest BCUT2D eigenvalue weighted by molar-refractivity contribution is -0.136. The first kappa shape index (κ1) is 22.6. The molecule has 0 aliphatic rings. The van der Waals surface area contributed by atoms with Gasteiger partial charge in [-0.2, -0.15) is 0 Å². The van der Waals surface area contributed by atoms with Crippen molar-refractivity contribution in [3.63, 3.8) is 0 Å². The van der Waals surface area contributed by atoms with Crippen molar-refractivity contribution in [2.75, 3.05) is 26.4 Å². The Hall–Kier alpha value is -0.650. The molecule has 9 nitrogen and oxygen atoms in total. The molecule has 0 aromatic heterocycles. The maximum atomic E-state index is 9.90. The van der Waals surface area contributed by atoms with Gasteiger partial charge in [-0.25, -0.2) is 0 Å². The molecule has 0 aliphatic carbocycles. The first-order valence-electron chi connectivity index (χ1n) is 6.40. The molecule has 0 radical (unpaired) electrons. The second kappa shape index (κ2) is 12.0. The quantitative estimate of drug-likeness (QED) is 0.197. The van der Waals surface area contributed by atoms with Gasteiger partial charge in [0.05, 0.1) is 26.4 Å². The van der Waals surface area contributed by atoms with Crippen molar-refractivity contribution in [1.29, 1.82) is 0 Å². The summed E-state index contributed by atoms with van der Waals surface area (Å²) in [6, 6.07) is 0. The van der Waals surface area contributed by atoms with E-state index in [1.165, 1.54) is 0 Å². The normalized spacial score (nSPS) is 17.2. The highest BCUT2D eigenvalue weighted by atomic mass is 16.4. The number of aliphatic hydroxyl groups excluding tert-OH is 8. The van der Waals surface area contributed by atoms with Gasteiger partial charge in [-0.15, -0.1) is 0 Å². The zero-order valence-corrected chi connectivity index (χ0v) is 11.9. The molecule has 0 aromatic carbocycles. The molecule has 0 heterocycles. The van der Waals surface area contributed by atoms with Crippen molar-refractivity contribution >= 4 is 6.29 Å². The van der Waals surface area contributed by atoms with Gasteiger partial charge in [-0.1, -0.05) is 6.92 Å². The molecule has 0 aliphatic heterocycles. The molecule has 0 bridgehead atoms. The molecule has 0 saturated carbocycles. The summed E-state index contributed by atoms with van der Waals surface area (Å²) >= 11 is 0. The largest absolute Gasteiger partial charge is 0.396 e. The molecular formula is C12H26O9. The predicted molar refractivity (Wildman–Crippen MR) is 71.2 cm³/mol. The minimum atomic E-state index is -1.79. The Kier molecular flexibility index (Phi) is 12.9. The number of rotatable bonds is 9. The number of hydrogen-bond donors (Lipinski definition) is 8. The summed E-state index contributed by atoms with van der Waals surface area (Å²) in [6.45, 7) is 0.593. The third-order valence-electron chi connectivity index (χ3n) is 3.18. The fourth-order valence-electron chi connectivity index (χ4n) is 1.10. The van der Waals surface area contributed by atoms with Crippen LogP contribution in [0.3, 0.4) is 0 Å². The van der Waals surface area contributed by atoms with Crippen LogP contribution < -0.4 is 0 Å². The fraction of sp³-hybridized carbons (Fsp3) is 0.917. The Balaban J connectivity index is 0. The Morgan fingerprint density at radius 2 is 1.33 bits per heavy atom. The standard InChI is InChI=1S/C6H12O6.C6H14O3/c7-1-3(9)5(11)6(12)4(10)2-8;1-2-6(3-7,4-8)5-9/h1,3-6,8-12H,2H2;7-9H,2-5H2,1H3. The first-order chi connectivity index (χ1) is 9.78. The minimum Gasteiger partial charge on any atom is -0.396 e. The van der Waals surface area contributed by atoms with E-state index in [4.69, 9.17) is 40.9 Å². The van der Waals surface area contributed by atoms with E-state index in [9.17, 15) is 4.79 Å². The summed E-state index contributed by atoms with van der Waals surface area (Å²) < 4.78 is 0. The van der Waals surface area contributed by atoms with Crippen molar-refractivity contribution in [3.8, 4) is 0 Å². The van der Waals surface area contributed by atoms with Crippen LogP contribution in [0.5, 0.6) is 0 Å². The predicted octanol–water partition coefficient (Wildman–Crippen LogP) is -4.02. The van der Waals surface area contributed by atoms with Crippen molar-refractivity contribution in [2.45, 2.75) is 37.8 Å². The smallest absolute Gasteiger partial charge is 0.151 e. The van der Waals surface area contributed by atoms with Crippen LogP contribution in [0.15, 0.2) is 0 Å². The fourth-order valence-corrected chi connectivity index (χ4v) is 1.10. The molecule has 9 heteroatoms. The second-order valence-electron chi connectivity index (χ2n) is 4.69. The van der Waals surface area contributed by atoms with E-state index in [0.717, 1.165) is 0 Å². The van der Waals surface area contributed by atoms with Crippen molar-refractivity contribution in [1.82, 2.24) is 0 Å². The molecule has 8 N–H and O–H groups in total. The highest BCUT2D eigenvalue weighted by Gasteiger charge is 2.29. The van der Waals surface area contributed by atoms with Gasteiger partial charge in [0, 0.05) is 5.41 Å². The number of carbonyl (C=O) groups excluding carboxylic acids is 1. The second-order valence-corrected chi connectivity index (χ2v) is 4.69. The van der Waals surface area contributed by atoms with Crippen LogP contribution in [-0.2, 0) is 4.79 Å². The molecule has 0 rings (SSSR count). The Bertz CT molecular complexity index is 240. The highest BCUT2D eigenvalue weighted by molar-refractivity contribution is 5.56. The van der Waals surface area contributed by atoms with E-state index >= 15 is 0 Å². The topological polar surface area (TPSA) is 179 Å². The molecule has 4 atom stereocenters. The van der Waals surface area contributed by atoms with E-state index in [1.807, 2.05) is 6.92 Å². The average Bonchev–Trinajstić information content (AvgIpc) is 2.55. The van der Waals surface area contributed by atoms with E-state index in [-0.39, 0.29) is 26.1 Å². The van der Waals surface area contributed by atoms with Crippen molar-refractivity contribution < 1.29 is 45.6 Å². The Morgan fingerprint density at radius 1 is 0.905 bits per heavy atom. The minimum absolute atomic E-state index is 0.0258. The van der Waals surface area contributed by atoms with Crippen LogP contribution in [0.4, 0.5) is 0 Å². The maximum Gasteiger partial charge on any atom is 0.151 e. The molecule has 0 spiro atoms. The summed E-state index contributed by atoms with van der Waals surface area (Å²) in [4.78, 5) is 9.90. The zero-order valence-electron chi connectivity index (χ0n) is 11.9. The van der Waals surface area contributed by atoms with Crippen LogP contribution in [0.25, 0.3) is 0 Å². The summed E-state index contributed by atoms with van der Waals surface area (Å²) in [5.41, 5.74) is -0.667. The van der Waals surface area contributed by atoms with Gasteiger partial charge in [-0.3, -0.25) is 0 Å². The average molecular weight is 314 g/mol. The zero-order chi connectivity index (χ0) is 17.1. The van der Waals surface area contributed by atoms with Crippen LogP contribution >= 0.6 is 0 Å². The van der Waals surface area contributed by atoms with Crippen LogP contribution in [0, 0.1) is 5.41 Å².